The van der Waals surface area contributed by atoms with E-state index in [4.69, 9.17) is 30.5 Å². The largest absolute Gasteiger partial charge is 0.493 e. The molecule has 0 saturated heterocycles. The number of benzene rings is 3. The van der Waals surface area contributed by atoms with Crippen molar-refractivity contribution in [3.05, 3.63) is 87.6 Å². The van der Waals surface area contributed by atoms with Crippen molar-refractivity contribution in [2.75, 3.05) is 14.2 Å². The van der Waals surface area contributed by atoms with Crippen molar-refractivity contribution in [3.63, 3.8) is 0 Å². The summed E-state index contributed by atoms with van der Waals surface area (Å²) in [5.74, 6) is 0.921. The summed E-state index contributed by atoms with van der Waals surface area (Å²) >= 11 is 6.02. The molecule has 1 aliphatic rings. The zero-order valence-corrected chi connectivity index (χ0v) is 18.4. The van der Waals surface area contributed by atoms with Gasteiger partial charge in [0.2, 0.25) is 5.78 Å². The maximum atomic E-state index is 12.8. The van der Waals surface area contributed by atoms with Crippen LogP contribution in [0.4, 0.5) is 0 Å². The Hall–Kier alpha value is -3.77. The summed E-state index contributed by atoms with van der Waals surface area (Å²) in [6.07, 6.45) is 1.63. The van der Waals surface area contributed by atoms with Gasteiger partial charge < -0.3 is 18.9 Å². The average molecular weight is 451 g/mol. The number of hydrogen-bond acceptors (Lipinski definition) is 6. The molecule has 0 aliphatic carbocycles. The summed E-state index contributed by atoms with van der Waals surface area (Å²) in [7, 11) is 3.00. The topological polar surface area (TPSA) is 71.1 Å². The van der Waals surface area contributed by atoms with Crippen LogP contribution in [0, 0.1) is 6.92 Å². The van der Waals surface area contributed by atoms with E-state index >= 15 is 0 Å². The summed E-state index contributed by atoms with van der Waals surface area (Å²) in [6.45, 7) is 1.73. The Morgan fingerprint density at radius 2 is 1.72 bits per heavy atom. The van der Waals surface area contributed by atoms with Gasteiger partial charge in [-0.15, -0.1) is 0 Å². The van der Waals surface area contributed by atoms with Gasteiger partial charge >= 0.3 is 5.97 Å². The molecule has 0 aromatic heterocycles. The highest BCUT2D eigenvalue weighted by Crippen LogP contribution is 2.39. The molecule has 1 heterocycles. The SMILES string of the molecule is COc1ccc(C(=O)Oc2ccc3c(c2C)O/C(=C\c2cccc(Cl)c2)C3=O)cc1OC. The molecule has 162 valence electrons. The number of Topliss-reactive ketones (excluding diaryl/α,β-unsaturated/α-hetero) is 1. The quantitative estimate of drug-likeness (QED) is 0.290. The number of halogens is 1. The molecule has 0 radical (unpaired) electrons. The van der Waals surface area contributed by atoms with Crippen LogP contribution in [0.3, 0.4) is 0 Å². The summed E-state index contributed by atoms with van der Waals surface area (Å²) < 4.78 is 21.8. The predicted molar refractivity (Wildman–Crippen MR) is 120 cm³/mol. The van der Waals surface area contributed by atoms with Crippen LogP contribution in [-0.2, 0) is 0 Å². The number of ether oxygens (including phenoxy) is 4. The van der Waals surface area contributed by atoms with Gasteiger partial charge in [-0.2, -0.15) is 0 Å². The van der Waals surface area contributed by atoms with Crippen LogP contribution in [0.25, 0.3) is 6.08 Å². The number of esters is 1. The van der Waals surface area contributed by atoms with E-state index < -0.39 is 5.97 Å². The Bertz CT molecular complexity index is 1260. The first-order valence-electron chi connectivity index (χ1n) is 9.69. The standard InChI is InChI=1S/C25H19ClO6/c1-14-19(32-25(28)16-7-9-20(29-2)21(13-16)30-3)10-8-18-23(27)22(31-24(14)18)12-15-5-4-6-17(26)11-15/h4-13H,1-3H3/b22-12-. The van der Waals surface area contributed by atoms with Gasteiger partial charge in [0.15, 0.2) is 17.3 Å². The molecule has 0 bridgehead atoms. The lowest BCUT2D eigenvalue weighted by molar-refractivity contribution is 0.0732. The maximum absolute atomic E-state index is 12.8. The monoisotopic (exact) mass is 450 g/mol. The zero-order valence-electron chi connectivity index (χ0n) is 17.6. The van der Waals surface area contributed by atoms with Gasteiger partial charge in [0.05, 0.1) is 25.3 Å². The predicted octanol–water partition coefficient (Wildman–Crippen LogP) is 5.50. The first-order chi connectivity index (χ1) is 15.4. The molecule has 3 aromatic rings. The van der Waals surface area contributed by atoms with Gasteiger partial charge in [-0.3, -0.25) is 4.79 Å². The van der Waals surface area contributed by atoms with Crippen LogP contribution in [0.1, 0.15) is 31.8 Å². The number of methoxy groups -OCH3 is 2. The summed E-state index contributed by atoms with van der Waals surface area (Å²) in [5.41, 5.74) is 1.98. The molecular weight excluding hydrogens is 432 g/mol. The molecule has 1 aliphatic heterocycles. The first-order valence-corrected chi connectivity index (χ1v) is 10.1. The lowest BCUT2D eigenvalue weighted by atomic mass is 10.1. The molecule has 0 amide bonds. The van der Waals surface area contributed by atoms with Crippen LogP contribution >= 0.6 is 11.6 Å². The second-order valence-electron chi connectivity index (χ2n) is 7.02. The highest BCUT2D eigenvalue weighted by atomic mass is 35.5. The molecule has 0 fully saturated rings. The highest BCUT2D eigenvalue weighted by Gasteiger charge is 2.30. The third-order valence-electron chi connectivity index (χ3n) is 5.00. The molecule has 6 nitrogen and oxygen atoms in total. The molecule has 7 heteroatoms. The van der Waals surface area contributed by atoms with Crippen molar-refractivity contribution in [3.8, 4) is 23.0 Å². The van der Waals surface area contributed by atoms with Gasteiger partial charge in [-0.1, -0.05) is 23.7 Å². The summed E-state index contributed by atoms with van der Waals surface area (Å²) in [4.78, 5) is 25.5. The highest BCUT2D eigenvalue weighted by molar-refractivity contribution is 6.30. The number of fused-ring (bicyclic) bond motifs is 1. The fourth-order valence-corrected chi connectivity index (χ4v) is 3.55. The first kappa shape index (κ1) is 21.5. The second kappa shape index (κ2) is 8.77. The molecule has 0 saturated carbocycles. The average Bonchev–Trinajstić information content (AvgIpc) is 3.11. The molecular formula is C25H19ClO6. The number of carbonyl (C=O) groups is 2. The van der Waals surface area contributed by atoms with Crippen LogP contribution in [-0.4, -0.2) is 26.0 Å². The van der Waals surface area contributed by atoms with Gasteiger partial charge in [0, 0.05) is 10.6 Å². The number of allylic oxidation sites excluding steroid dienone is 1. The van der Waals surface area contributed by atoms with Crippen molar-refractivity contribution >= 4 is 29.4 Å². The Morgan fingerprint density at radius 3 is 2.44 bits per heavy atom. The van der Waals surface area contributed by atoms with Crippen molar-refractivity contribution in [1.82, 2.24) is 0 Å². The molecule has 4 rings (SSSR count). The molecule has 0 atom stereocenters. The minimum Gasteiger partial charge on any atom is -0.493 e. The second-order valence-corrected chi connectivity index (χ2v) is 7.46. The lowest BCUT2D eigenvalue weighted by Gasteiger charge is -2.12. The number of rotatable bonds is 5. The smallest absolute Gasteiger partial charge is 0.343 e. The third kappa shape index (κ3) is 4.05. The van der Waals surface area contributed by atoms with E-state index in [1.165, 1.54) is 20.3 Å². The summed E-state index contributed by atoms with van der Waals surface area (Å²) in [5, 5.41) is 0.558. The van der Waals surface area contributed by atoms with Gasteiger partial charge in [-0.05, 0) is 61.0 Å². The molecule has 0 spiro atoms. The van der Waals surface area contributed by atoms with Crippen LogP contribution in [0.5, 0.6) is 23.0 Å². The Labute approximate surface area is 189 Å². The van der Waals surface area contributed by atoms with E-state index in [2.05, 4.69) is 0 Å². The fourth-order valence-electron chi connectivity index (χ4n) is 3.35. The van der Waals surface area contributed by atoms with E-state index in [-0.39, 0.29) is 11.5 Å². The van der Waals surface area contributed by atoms with Crippen LogP contribution in [0.2, 0.25) is 5.02 Å². The van der Waals surface area contributed by atoms with Crippen LogP contribution < -0.4 is 18.9 Å². The Morgan fingerprint density at radius 1 is 0.969 bits per heavy atom. The fraction of sp³-hybridized carbons (Fsp3) is 0.120. The normalized spacial score (nSPS) is 13.5. The third-order valence-corrected chi connectivity index (χ3v) is 5.24. The molecule has 3 aromatic carbocycles. The minimum atomic E-state index is -0.576. The van der Waals surface area contributed by atoms with Crippen LogP contribution in [0.15, 0.2) is 60.4 Å². The van der Waals surface area contributed by atoms with Crippen molar-refractivity contribution in [2.24, 2.45) is 0 Å². The van der Waals surface area contributed by atoms with E-state index in [0.717, 1.165) is 5.56 Å². The van der Waals surface area contributed by atoms with E-state index in [1.807, 2.05) is 6.07 Å². The Balaban J connectivity index is 1.60. The van der Waals surface area contributed by atoms with E-state index in [0.29, 0.717) is 44.7 Å². The minimum absolute atomic E-state index is 0.175. The van der Waals surface area contributed by atoms with Gasteiger partial charge in [0.1, 0.15) is 11.5 Å². The van der Waals surface area contributed by atoms with Crippen molar-refractivity contribution in [2.45, 2.75) is 6.92 Å². The number of hydrogen-bond donors (Lipinski definition) is 0. The van der Waals surface area contributed by atoms with Gasteiger partial charge in [0.25, 0.3) is 0 Å². The summed E-state index contributed by atoms with van der Waals surface area (Å²) in [6, 6.07) is 15.0. The number of ketones is 1. The van der Waals surface area contributed by atoms with Gasteiger partial charge in [-0.25, -0.2) is 4.79 Å². The zero-order chi connectivity index (χ0) is 22.8. The van der Waals surface area contributed by atoms with E-state index in [1.54, 1.807) is 55.5 Å². The molecule has 0 unspecified atom stereocenters. The van der Waals surface area contributed by atoms with E-state index in [9.17, 15) is 9.59 Å². The maximum Gasteiger partial charge on any atom is 0.343 e. The van der Waals surface area contributed by atoms with Crippen molar-refractivity contribution in [1.29, 1.82) is 0 Å². The molecule has 32 heavy (non-hydrogen) atoms. The Kier molecular flexibility index (Phi) is 5.88. The lowest BCUT2D eigenvalue weighted by Crippen LogP contribution is -2.10. The van der Waals surface area contributed by atoms with Crippen molar-refractivity contribution < 1.29 is 28.5 Å². The number of carbonyl (C=O) groups excluding carboxylic acids is 2. The molecule has 0 N–H and O–H groups in total.